The van der Waals surface area contributed by atoms with E-state index in [1.54, 1.807) is 0 Å². The Hall–Kier alpha value is -0.110. The zero-order chi connectivity index (χ0) is 15.6. The molecule has 0 heterocycles. The van der Waals surface area contributed by atoms with Crippen LogP contribution in [0, 0.1) is 0 Å². The van der Waals surface area contributed by atoms with Gasteiger partial charge in [-0.1, -0.05) is 45.4 Å². The van der Waals surface area contributed by atoms with Crippen molar-refractivity contribution in [2.75, 3.05) is 6.61 Å². The summed E-state index contributed by atoms with van der Waals surface area (Å²) >= 11 is 0. The Kier molecular flexibility index (Phi) is 12.3. The molecule has 0 amide bonds. The van der Waals surface area contributed by atoms with Gasteiger partial charge in [-0.25, -0.2) is 0 Å². The molecule has 1 N–H and O–H groups in total. The zero-order valence-electron chi connectivity index (χ0n) is 12.5. The van der Waals surface area contributed by atoms with Gasteiger partial charge in [-0.05, 0) is 30.7 Å². The first-order valence-corrected chi connectivity index (χ1v) is 8.85. The summed E-state index contributed by atoms with van der Waals surface area (Å²) in [5.41, 5.74) is 0. The monoisotopic (exact) mass is 340 g/mol. The van der Waals surface area contributed by atoms with Crippen molar-refractivity contribution >= 4 is 39.7 Å². The summed E-state index contributed by atoms with van der Waals surface area (Å²) in [5.74, 6) is 0.408. The fourth-order valence-electron chi connectivity index (χ4n) is 1.89. The average Bonchev–Trinajstić information content (AvgIpc) is 2.45. The maximum atomic E-state index is 10.9. The summed E-state index contributed by atoms with van der Waals surface area (Å²) in [6.45, 7) is 2.71. The molecular formula is C15H25NaO5S. The van der Waals surface area contributed by atoms with Gasteiger partial charge in [-0.15, -0.1) is 0 Å². The molecule has 0 spiro atoms. The van der Waals surface area contributed by atoms with E-state index in [4.69, 9.17) is 14.3 Å². The fraction of sp³-hybridized carbons (Fsp3) is 0.600. The van der Waals surface area contributed by atoms with E-state index in [0.29, 0.717) is 12.4 Å². The minimum atomic E-state index is -4.16. The van der Waals surface area contributed by atoms with Gasteiger partial charge >= 0.3 is 29.6 Å². The minimum absolute atomic E-state index is 0. The van der Waals surface area contributed by atoms with Crippen molar-refractivity contribution in [1.29, 1.82) is 0 Å². The number of hydrogen-bond donors (Lipinski definition) is 1. The van der Waals surface area contributed by atoms with Gasteiger partial charge in [-0.2, -0.15) is 13.3 Å². The molecule has 1 aromatic carbocycles. The fourth-order valence-corrected chi connectivity index (χ4v) is 2.37. The SMILES string of the molecule is CCCCCCCCCOOc1ccc(S(=O)(=O)O)cc1.[NaH]. The first-order valence-electron chi connectivity index (χ1n) is 7.41. The number of benzene rings is 1. The predicted molar refractivity (Wildman–Crippen MR) is 88.0 cm³/mol. The third-order valence-corrected chi connectivity index (χ3v) is 3.98. The normalized spacial score (nSPS) is 11.0. The van der Waals surface area contributed by atoms with Crippen LogP contribution in [-0.2, 0) is 15.0 Å². The quantitative estimate of drug-likeness (QED) is 0.220. The van der Waals surface area contributed by atoms with Crippen LogP contribution < -0.4 is 4.89 Å². The molecule has 0 aliphatic heterocycles. The molecule has 0 radical (unpaired) electrons. The van der Waals surface area contributed by atoms with Gasteiger partial charge in [0.15, 0.2) is 5.75 Å². The summed E-state index contributed by atoms with van der Waals surface area (Å²) in [6.07, 6.45) is 8.41. The Morgan fingerprint density at radius 2 is 1.50 bits per heavy atom. The van der Waals surface area contributed by atoms with Gasteiger partial charge in [-0.3, -0.25) is 4.55 Å². The van der Waals surface area contributed by atoms with Crippen molar-refractivity contribution in [2.24, 2.45) is 0 Å². The summed E-state index contributed by atoms with van der Waals surface area (Å²) in [5, 5.41) is 0. The summed E-state index contributed by atoms with van der Waals surface area (Å²) in [7, 11) is -4.16. The van der Waals surface area contributed by atoms with Crippen molar-refractivity contribution in [3.63, 3.8) is 0 Å². The van der Waals surface area contributed by atoms with Crippen LogP contribution in [-0.4, -0.2) is 49.1 Å². The van der Waals surface area contributed by atoms with Gasteiger partial charge in [0, 0.05) is 0 Å². The predicted octanol–water partition coefficient (Wildman–Crippen LogP) is 3.35. The van der Waals surface area contributed by atoms with Gasteiger partial charge in [0.05, 0.1) is 11.5 Å². The molecule has 22 heavy (non-hydrogen) atoms. The molecule has 0 aromatic heterocycles. The standard InChI is InChI=1S/C15H24O5S.Na.H/c1-2-3-4-5-6-7-8-13-19-20-14-9-11-15(12-10-14)21(16,17)18;;/h9-12H,2-8,13H2,1H3,(H,16,17,18);;. The van der Waals surface area contributed by atoms with E-state index in [0.717, 1.165) is 12.8 Å². The summed E-state index contributed by atoms with van der Waals surface area (Å²) in [6, 6.07) is 5.41. The van der Waals surface area contributed by atoms with Gasteiger partial charge < -0.3 is 4.89 Å². The topological polar surface area (TPSA) is 72.8 Å². The zero-order valence-corrected chi connectivity index (χ0v) is 13.3. The van der Waals surface area contributed by atoms with Crippen LogP contribution in [0.4, 0.5) is 0 Å². The van der Waals surface area contributed by atoms with Crippen LogP contribution in [0.15, 0.2) is 29.2 Å². The summed E-state index contributed by atoms with van der Waals surface area (Å²) in [4.78, 5) is 9.94. The van der Waals surface area contributed by atoms with Crippen LogP contribution in [0.5, 0.6) is 5.75 Å². The van der Waals surface area contributed by atoms with Gasteiger partial charge in [0.25, 0.3) is 10.1 Å². The van der Waals surface area contributed by atoms with Gasteiger partial charge in [0.2, 0.25) is 0 Å². The molecule has 0 bridgehead atoms. The third kappa shape index (κ3) is 9.82. The van der Waals surface area contributed by atoms with E-state index in [9.17, 15) is 8.42 Å². The Bertz CT molecular complexity index is 487. The van der Waals surface area contributed by atoms with Crippen molar-refractivity contribution < 1.29 is 22.7 Å². The van der Waals surface area contributed by atoms with E-state index in [-0.39, 0.29) is 34.5 Å². The van der Waals surface area contributed by atoms with Crippen LogP contribution in [0.1, 0.15) is 51.9 Å². The molecule has 0 atom stereocenters. The molecule has 1 rings (SSSR count). The second-order valence-corrected chi connectivity index (χ2v) is 6.39. The van der Waals surface area contributed by atoms with E-state index >= 15 is 0 Å². The average molecular weight is 340 g/mol. The first-order chi connectivity index (χ1) is 10.0. The van der Waals surface area contributed by atoms with Gasteiger partial charge in [0.1, 0.15) is 0 Å². The Morgan fingerprint density at radius 1 is 0.955 bits per heavy atom. The third-order valence-electron chi connectivity index (χ3n) is 3.11. The first kappa shape index (κ1) is 21.9. The molecule has 0 saturated carbocycles. The van der Waals surface area contributed by atoms with Crippen LogP contribution in [0.25, 0.3) is 0 Å². The molecule has 0 aliphatic rings. The molecule has 7 heteroatoms. The molecular weight excluding hydrogens is 315 g/mol. The Balaban J connectivity index is 0.00000441. The van der Waals surface area contributed by atoms with Crippen LogP contribution in [0.3, 0.4) is 0 Å². The number of hydrogen-bond acceptors (Lipinski definition) is 4. The van der Waals surface area contributed by atoms with Crippen molar-refractivity contribution in [3.05, 3.63) is 24.3 Å². The Labute approximate surface area is 155 Å². The molecule has 1 aromatic rings. The molecule has 0 aliphatic carbocycles. The molecule has 5 nitrogen and oxygen atoms in total. The molecule has 122 valence electrons. The van der Waals surface area contributed by atoms with E-state index in [1.165, 1.54) is 56.4 Å². The second kappa shape index (κ2) is 12.3. The Morgan fingerprint density at radius 3 is 2.05 bits per heavy atom. The number of rotatable bonds is 11. The van der Waals surface area contributed by atoms with E-state index in [1.807, 2.05) is 0 Å². The molecule has 0 fully saturated rings. The summed E-state index contributed by atoms with van der Waals surface area (Å²) < 4.78 is 30.5. The van der Waals surface area contributed by atoms with Crippen molar-refractivity contribution in [3.8, 4) is 5.75 Å². The van der Waals surface area contributed by atoms with E-state index < -0.39 is 10.1 Å². The molecule has 0 unspecified atom stereocenters. The number of unbranched alkanes of at least 4 members (excludes halogenated alkanes) is 6. The van der Waals surface area contributed by atoms with E-state index in [2.05, 4.69) is 6.92 Å². The van der Waals surface area contributed by atoms with Crippen molar-refractivity contribution in [2.45, 2.75) is 56.8 Å². The van der Waals surface area contributed by atoms with Crippen molar-refractivity contribution in [1.82, 2.24) is 0 Å². The van der Waals surface area contributed by atoms with Crippen LogP contribution in [0.2, 0.25) is 0 Å². The molecule has 0 saturated heterocycles. The maximum absolute atomic E-state index is 10.9. The van der Waals surface area contributed by atoms with Crippen LogP contribution >= 0.6 is 0 Å². The second-order valence-electron chi connectivity index (χ2n) is 4.97.